The fraction of sp³-hybridized carbons (Fsp3) is 0.606. The molecule has 236 valence electrons. The fourth-order valence-electron chi connectivity index (χ4n) is 7.37. The number of rotatable bonds is 14. The molecule has 3 unspecified atom stereocenters. The van der Waals surface area contributed by atoms with Crippen molar-refractivity contribution in [3.05, 3.63) is 49.6 Å². The largest absolute Gasteiger partial charge is 0.394 e. The molecular weight excluding hydrogens is 612 g/mol. The molecule has 2 bridgehead atoms. The summed E-state index contributed by atoms with van der Waals surface area (Å²) < 4.78 is 6.70. The predicted octanol–water partition coefficient (Wildman–Crippen LogP) is 3.85. The molecule has 1 aromatic carbocycles. The number of anilines is 2. The first-order chi connectivity index (χ1) is 20.6. The van der Waals surface area contributed by atoms with Crippen molar-refractivity contribution in [2.45, 2.75) is 69.2 Å². The monoisotopic (exact) mass is 658 g/mol. The number of carbonyl (C=O) groups is 3. The lowest BCUT2D eigenvalue weighted by Gasteiger charge is -2.41. The number of amides is 3. The molecule has 3 aliphatic rings. The molecule has 8 atom stereocenters. The lowest BCUT2D eigenvalue weighted by Crippen LogP contribution is -2.60. The van der Waals surface area contributed by atoms with Crippen molar-refractivity contribution in [2.24, 2.45) is 17.8 Å². The standard InChI is InChI=1S/C33H47BrN4O5/c1-8-17-35(7)30(40)26-27-31(41)38(25(20-39)21(6)10-3)29(33(27)19-24(34)28(26)43-33)32(42)37(18-9-2)23-15-13-22(14-16-23)36(11-4)12-5/h8-9,13-16,21,24-29,39H,1-2,10-12,17-20H2,3-7H3/t21-,24?,25-,26+,27-,28+,29?,33?/m0/s1. The van der Waals surface area contributed by atoms with E-state index in [9.17, 15) is 19.5 Å². The van der Waals surface area contributed by atoms with Crippen LogP contribution in [-0.4, -0.2) is 101 Å². The van der Waals surface area contributed by atoms with Crippen LogP contribution in [-0.2, 0) is 19.1 Å². The number of carbonyl (C=O) groups excluding carboxylic acids is 3. The van der Waals surface area contributed by atoms with Crippen LogP contribution in [0.15, 0.2) is 49.6 Å². The van der Waals surface area contributed by atoms with Crippen LogP contribution in [0.2, 0.25) is 0 Å². The Balaban J connectivity index is 1.83. The van der Waals surface area contributed by atoms with Gasteiger partial charge in [0.25, 0.3) is 5.91 Å². The van der Waals surface area contributed by atoms with Gasteiger partial charge in [0.15, 0.2) is 0 Å². The van der Waals surface area contributed by atoms with Crippen LogP contribution in [0.5, 0.6) is 0 Å². The Hall–Kier alpha value is -2.69. The Morgan fingerprint density at radius 1 is 1.12 bits per heavy atom. The molecule has 3 saturated heterocycles. The van der Waals surface area contributed by atoms with E-state index in [4.69, 9.17) is 4.74 Å². The number of aliphatic hydroxyl groups is 1. The van der Waals surface area contributed by atoms with Crippen LogP contribution in [0.3, 0.4) is 0 Å². The summed E-state index contributed by atoms with van der Waals surface area (Å²) in [5.41, 5.74) is 0.514. The Morgan fingerprint density at radius 2 is 1.72 bits per heavy atom. The second-order valence-electron chi connectivity index (χ2n) is 12.0. The number of fused-ring (bicyclic) bond motifs is 1. The third-order valence-corrected chi connectivity index (χ3v) is 10.6. The molecule has 3 aliphatic heterocycles. The van der Waals surface area contributed by atoms with Crippen molar-refractivity contribution in [1.82, 2.24) is 9.80 Å². The van der Waals surface area contributed by atoms with Gasteiger partial charge in [0.2, 0.25) is 11.8 Å². The van der Waals surface area contributed by atoms with Gasteiger partial charge in [0, 0.05) is 49.4 Å². The number of likely N-dealkylation sites (N-methyl/N-ethyl adjacent to an activating group) is 1. The number of aliphatic hydroxyl groups excluding tert-OH is 1. The summed E-state index contributed by atoms with van der Waals surface area (Å²) in [4.78, 5) is 50.0. The van der Waals surface area contributed by atoms with Gasteiger partial charge in [-0.25, -0.2) is 0 Å². The van der Waals surface area contributed by atoms with Gasteiger partial charge in [-0.2, -0.15) is 0 Å². The number of halogens is 1. The topological polar surface area (TPSA) is 93.6 Å². The maximum absolute atomic E-state index is 14.9. The van der Waals surface area contributed by atoms with E-state index in [0.29, 0.717) is 25.1 Å². The molecular formula is C33H47BrN4O5. The molecule has 1 aromatic rings. The second kappa shape index (κ2) is 13.5. The summed E-state index contributed by atoms with van der Waals surface area (Å²) in [7, 11) is 1.69. The molecule has 1 spiro atoms. The first-order valence-corrected chi connectivity index (χ1v) is 16.4. The number of likely N-dealkylation sites (tertiary alicyclic amines) is 1. The zero-order valence-electron chi connectivity index (χ0n) is 26.1. The molecule has 0 saturated carbocycles. The first kappa shape index (κ1) is 33.2. The fourth-order valence-corrected chi connectivity index (χ4v) is 8.31. The quantitative estimate of drug-likeness (QED) is 0.241. The smallest absolute Gasteiger partial charge is 0.253 e. The molecule has 0 radical (unpaired) electrons. The number of hydrogen-bond acceptors (Lipinski definition) is 6. The van der Waals surface area contributed by atoms with Crippen molar-refractivity contribution >= 4 is 45.0 Å². The van der Waals surface area contributed by atoms with Gasteiger partial charge in [0.05, 0.1) is 30.6 Å². The maximum Gasteiger partial charge on any atom is 0.253 e. The van der Waals surface area contributed by atoms with Gasteiger partial charge in [-0.1, -0.05) is 48.4 Å². The highest BCUT2D eigenvalue weighted by Crippen LogP contribution is 2.61. The van der Waals surface area contributed by atoms with Crippen molar-refractivity contribution in [1.29, 1.82) is 0 Å². The third kappa shape index (κ3) is 5.55. The number of hydrogen-bond donors (Lipinski definition) is 1. The van der Waals surface area contributed by atoms with Crippen LogP contribution in [0.1, 0.15) is 40.5 Å². The van der Waals surface area contributed by atoms with E-state index in [1.165, 1.54) is 0 Å². The lowest BCUT2D eigenvalue weighted by atomic mass is 9.70. The highest BCUT2D eigenvalue weighted by Gasteiger charge is 2.77. The number of benzene rings is 1. The van der Waals surface area contributed by atoms with Crippen LogP contribution in [0.25, 0.3) is 0 Å². The van der Waals surface area contributed by atoms with Crippen LogP contribution < -0.4 is 9.80 Å². The Bertz CT molecular complexity index is 1210. The van der Waals surface area contributed by atoms with Crippen molar-refractivity contribution in [2.75, 3.05) is 49.6 Å². The van der Waals surface area contributed by atoms with Gasteiger partial charge in [-0.15, -0.1) is 13.2 Å². The van der Waals surface area contributed by atoms with Crippen LogP contribution >= 0.6 is 15.9 Å². The highest BCUT2D eigenvalue weighted by molar-refractivity contribution is 9.09. The summed E-state index contributed by atoms with van der Waals surface area (Å²) in [6.07, 6.45) is 3.86. The lowest BCUT2D eigenvalue weighted by molar-refractivity contribution is -0.147. The molecule has 3 fully saturated rings. The zero-order valence-corrected chi connectivity index (χ0v) is 27.7. The molecule has 10 heteroatoms. The maximum atomic E-state index is 14.9. The van der Waals surface area contributed by atoms with Gasteiger partial charge < -0.3 is 29.4 Å². The minimum absolute atomic E-state index is 0.0877. The minimum atomic E-state index is -1.22. The molecule has 1 N–H and O–H groups in total. The van der Waals surface area contributed by atoms with E-state index >= 15 is 0 Å². The molecule has 9 nitrogen and oxygen atoms in total. The molecule has 3 amide bonds. The summed E-state index contributed by atoms with van der Waals surface area (Å²) in [6, 6.07) is 6.19. The van der Waals surface area contributed by atoms with Crippen molar-refractivity contribution in [3.8, 4) is 0 Å². The van der Waals surface area contributed by atoms with Gasteiger partial charge >= 0.3 is 0 Å². The molecule has 0 aromatic heterocycles. The average molecular weight is 660 g/mol. The molecule has 3 heterocycles. The minimum Gasteiger partial charge on any atom is -0.394 e. The first-order valence-electron chi connectivity index (χ1n) is 15.4. The van der Waals surface area contributed by atoms with Gasteiger partial charge in [-0.05, 0) is 50.5 Å². The van der Waals surface area contributed by atoms with E-state index < -0.39 is 35.6 Å². The summed E-state index contributed by atoms with van der Waals surface area (Å²) in [5, 5.41) is 10.6. The third-order valence-electron chi connectivity index (χ3n) is 9.74. The highest BCUT2D eigenvalue weighted by atomic mass is 79.9. The van der Waals surface area contributed by atoms with Crippen LogP contribution in [0.4, 0.5) is 11.4 Å². The van der Waals surface area contributed by atoms with Crippen molar-refractivity contribution < 1.29 is 24.2 Å². The van der Waals surface area contributed by atoms with Crippen LogP contribution in [0, 0.1) is 17.8 Å². The number of ether oxygens (including phenoxy) is 1. The Kier molecular flexibility index (Phi) is 10.4. The van der Waals surface area contributed by atoms with E-state index in [-0.39, 0.29) is 41.6 Å². The van der Waals surface area contributed by atoms with Gasteiger partial charge in [-0.3, -0.25) is 14.4 Å². The van der Waals surface area contributed by atoms with E-state index in [2.05, 4.69) is 47.8 Å². The summed E-state index contributed by atoms with van der Waals surface area (Å²) in [6.45, 7) is 17.8. The normalized spacial score (nSPS) is 28.8. The molecule has 4 rings (SSSR count). The van der Waals surface area contributed by atoms with E-state index in [1.54, 1.807) is 33.9 Å². The molecule has 43 heavy (non-hydrogen) atoms. The number of nitrogens with zero attached hydrogens (tertiary/aromatic N) is 4. The molecule has 0 aliphatic carbocycles. The second-order valence-corrected chi connectivity index (χ2v) is 13.2. The predicted molar refractivity (Wildman–Crippen MR) is 173 cm³/mol. The zero-order chi connectivity index (χ0) is 31.6. The van der Waals surface area contributed by atoms with E-state index in [1.807, 2.05) is 38.1 Å². The Morgan fingerprint density at radius 3 is 2.26 bits per heavy atom. The Labute approximate surface area is 264 Å². The summed E-state index contributed by atoms with van der Waals surface area (Å²) in [5.74, 6) is -2.50. The van der Waals surface area contributed by atoms with E-state index in [0.717, 1.165) is 18.8 Å². The number of alkyl halides is 1. The van der Waals surface area contributed by atoms with Gasteiger partial charge in [0.1, 0.15) is 11.6 Å². The van der Waals surface area contributed by atoms with Crippen molar-refractivity contribution in [3.63, 3.8) is 0 Å². The SMILES string of the molecule is C=CCN(C)C(=O)[C@H]1[C@@H]2OC3(CC2Br)C(C(=O)N(CC=C)c2ccc(N(CC)CC)cc2)N([C@@H](CO)[C@@H](C)CC)C(=O)[C@H]13. The average Bonchev–Trinajstić information content (AvgIpc) is 3.60. The summed E-state index contributed by atoms with van der Waals surface area (Å²) >= 11 is 3.74.